The van der Waals surface area contributed by atoms with Crippen LogP contribution in [0.4, 0.5) is 5.69 Å². The summed E-state index contributed by atoms with van der Waals surface area (Å²) in [6.45, 7) is 2.53. The number of carboxylic acid groups (broad SMARTS) is 1. The van der Waals surface area contributed by atoms with Crippen LogP contribution in [-0.2, 0) is 0 Å². The summed E-state index contributed by atoms with van der Waals surface area (Å²) in [5, 5.41) is 12.0. The molecule has 2 aromatic carbocycles. The number of amides is 1. The highest BCUT2D eigenvalue weighted by Crippen LogP contribution is 2.33. The van der Waals surface area contributed by atoms with Gasteiger partial charge in [0, 0.05) is 17.7 Å². The zero-order valence-corrected chi connectivity index (χ0v) is 14.9. The number of anilines is 1. The van der Waals surface area contributed by atoms with Crippen LogP contribution in [0.3, 0.4) is 0 Å². The standard InChI is InChI=1S/C19H21NO6/c1-4-8-26-13-7-5-6-12(9-13)18(21)20-15-11-17(25-3)16(24-2)10-14(15)19(22)23/h5-7,9-11H,4,8H2,1-3H3,(H,20,21)(H,22,23). The van der Waals surface area contributed by atoms with Crippen LogP contribution < -0.4 is 19.5 Å². The molecule has 0 heterocycles. The average Bonchev–Trinajstić information content (AvgIpc) is 2.65. The number of carbonyl (C=O) groups excluding carboxylic acids is 1. The molecule has 2 rings (SSSR count). The van der Waals surface area contributed by atoms with Gasteiger partial charge in [0.2, 0.25) is 0 Å². The van der Waals surface area contributed by atoms with Crippen molar-refractivity contribution >= 4 is 17.6 Å². The lowest BCUT2D eigenvalue weighted by atomic mass is 10.1. The Labute approximate surface area is 151 Å². The minimum absolute atomic E-state index is 0.102. The molecule has 0 saturated heterocycles. The molecule has 2 aromatic rings. The predicted molar refractivity (Wildman–Crippen MR) is 96.7 cm³/mol. The quantitative estimate of drug-likeness (QED) is 0.750. The van der Waals surface area contributed by atoms with Crippen LogP contribution in [0.15, 0.2) is 36.4 Å². The molecule has 138 valence electrons. The summed E-state index contributed by atoms with van der Waals surface area (Å²) in [5.41, 5.74) is 0.360. The Balaban J connectivity index is 2.32. The fourth-order valence-corrected chi connectivity index (χ4v) is 2.30. The number of methoxy groups -OCH3 is 2. The molecule has 2 N–H and O–H groups in total. The van der Waals surface area contributed by atoms with Crippen molar-refractivity contribution in [1.29, 1.82) is 0 Å². The third-order valence-electron chi connectivity index (χ3n) is 3.57. The Morgan fingerprint density at radius 2 is 1.77 bits per heavy atom. The third-order valence-corrected chi connectivity index (χ3v) is 3.57. The van der Waals surface area contributed by atoms with E-state index >= 15 is 0 Å². The van der Waals surface area contributed by atoms with E-state index in [1.54, 1.807) is 24.3 Å². The van der Waals surface area contributed by atoms with E-state index in [2.05, 4.69) is 5.32 Å². The molecule has 7 heteroatoms. The lowest BCUT2D eigenvalue weighted by Gasteiger charge is -2.14. The van der Waals surface area contributed by atoms with Crippen LogP contribution in [0.5, 0.6) is 17.2 Å². The summed E-state index contributed by atoms with van der Waals surface area (Å²) >= 11 is 0. The topological polar surface area (TPSA) is 94.1 Å². The van der Waals surface area contributed by atoms with Crippen molar-refractivity contribution in [1.82, 2.24) is 0 Å². The fraction of sp³-hybridized carbons (Fsp3) is 0.263. The molecule has 0 atom stereocenters. The Hall–Kier alpha value is -3.22. The molecule has 0 aliphatic carbocycles. The molecular formula is C19H21NO6. The van der Waals surface area contributed by atoms with Gasteiger partial charge in [-0.05, 0) is 24.6 Å². The van der Waals surface area contributed by atoms with Crippen LogP contribution in [0, 0.1) is 0 Å². The van der Waals surface area contributed by atoms with Crippen molar-refractivity contribution in [2.24, 2.45) is 0 Å². The molecule has 0 radical (unpaired) electrons. The van der Waals surface area contributed by atoms with Crippen molar-refractivity contribution in [2.45, 2.75) is 13.3 Å². The van der Waals surface area contributed by atoms with E-state index in [0.29, 0.717) is 23.7 Å². The van der Waals surface area contributed by atoms with E-state index in [-0.39, 0.29) is 17.0 Å². The number of benzene rings is 2. The Kier molecular flexibility index (Phi) is 6.43. The summed E-state index contributed by atoms with van der Waals surface area (Å²) in [6, 6.07) is 9.40. The molecule has 0 fully saturated rings. The second-order valence-corrected chi connectivity index (χ2v) is 5.39. The maximum atomic E-state index is 12.5. The number of hydrogen-bond acceptors (Lipinski definition) is 5. The van der Waals surface area contributed by atoms with E-state index in [1.165, 1.54) is 26.4 Å². The van der Waals surface area contributed by atoms with Gasteiger partial charge in [0.15, 0.2) is 11.5 Å². The number of hydrogen-bond donors (Lipinski definition) is 2. The van der Waals surface area contributed by atoms with Crippen molar-refractivity contribution in [3.05, 3.63) is 47.5 Å². The summed E-state index contributed by atoms with van der Waals surface area (Å²) < 4.78 is 15.8. The van der Waals surface area contributed by atoms with E-state index in [9.17, 15) is 14.7 Å². The predicted octanol–water partition coefficient (Wildman–Crippen LogP) is 3.44. The van der Waals surface area contributed by atoms with Gasteiger partial charge in [-0.25, -0.2) is 4.79 Å². The molecule has 0 spiro atoms. The van der Waals surface area contributed by atoms with E-state index in [0.717, 1.165) is 6.42 Å². The van der Waals surface area contributed by atoms with E-state index < -0.39 is 11.9 Å². The van der Waals surface area contributed by atoms with E-state index in [1.807, 2.05) is 6.92 Å². The van der Waals surface area contributed by atoms with Gasteiger partial charge in [-0.2, -0.15) is 0 Å². The third kappa shape index (κ3) is 4.44. The first-order valence-corrected chi connectivity index (χ1v) is 8.03. The van der Waals surface area contributed by atoms with Crippen molar-refractivity contribution in [3.63, 3.8) is 0 Å². The average molecular weight is 359 g/mol. The second-order valence-electron chi connectivity index (χ2n) is 5.39. The zero-order chi connectivity index (χ0) is 19.1. The monoisotopic (exact) mass is 359 g/mol. The summed E-state index contributed by atoms with van der Waals surface area (Å²) in [5.74, 6) is -0.501. The highest BCUT2D eigenvalue weighted by atomic mass is 16.5. The second kappa shape index (κ2) is 8.75. The Morgan fingerprint density at radius 3 is 2.38 bits per heavy atom. The van der Waals surface area contributed by atoms with Gasteiger partial charge in [-0.1, -0.05) is 13.0 Å². The van der Waals surface area contributed by atoms with Gasteiger partial charge in [0.25, 0.3) is 5.91 Å². The number of carboxylic acids is 1. The summed E-state index contributed by atoms with van der Waals surface area (Å²) in [6.07, 6.45) is 0.851. The smallest absolute Gasteiger partial charge is 0.337 e. The summed E-state index contributed by atoms with van der Waals surface area (Å²) in [7, 11) is 2.84. The highest BCUT2D eigenvalue weighted by Gasteiger charge is 2.18. The molecular weight excluding hydrogens is 338 g/mol. The lowest BCUT2D eigenvalue weighted by Crippen LogP contribution is -2.15. The van der Waals surface area contributed by atoms with Crippen LogP contribution in [-0.4, -0.2) is 37.8 Å². The minimum Gasteiger partial charge on any atom is -0.494 e. The van der Waals surface area contributed by atoms with E-state index in [4.69, 9.17) is 14.2 Å². The molecule has 0 unspecified atom stereocenters. The van der Waals surface area contributed by atoms with Crippen LogP contribution in [0.1, 0.15) is 34.1 Å². The molecule has 0 aliphatic rings. The lowest BCUT2D eigenvalue weighted by molar-refractivity contribution is 0.0697. The molecule has 0 bridgehead atoms. The molecule has 0 saturated carbocycles. The number of ether oxygens (including phenoxy) is 3. The normalized spacial score (nSPS) is 10.1. The number of carbonyl (C=O) groups is 2. The first-order valence-electron chi connectivity index (χ1n) is 8.03. The molecule has 7 nitrogen and oxygen atoms in total. The van der Waals surface area contributed by atoms with Gasteiger partial charge in [-0.15, -0.1) is 0 Å². The maximum absolute atomic E-state index is 12.5. The van der Waals surface area contributed by atoms with Crippen molar-refractivity contribution in [2.75, 3.05) is 26.1 Å². The van der Waals surface area contributed by atoms with Crippen LogP contribution in [0.25, 0.3) is 0 Å². The molecule has 1 amide bonds. The zero-order valence-electron chi connectivity index (χ0n) is 14.9. The number of rotatable bonds is 8. The number of nitrogens with one attached hydrogen (secondary N) is 1. The van der Waals surface area contributed by atoms with Crippen molar-refractivity contribution in [3.8, 4) is 17.2 Å². The van der Waals surface area contributed by atoms with Crippen LogP contribution >= 0.6 is 0 Å². The first-order chi connectivity index (χ1) is 12.5. The highest BCUT2D eigenvalue weighted by molar-refractivity contribution is 6.08. The first kappa shape index (κ1) is 19.1. The molecule has 0 aliphatic heterocycles. The fourth-order valence-electron chi connectivity index (χ4n) is 2.30. The van der Waals surface area contributed by atoms with Gasteiger partial charge >= 0.3 is 5.97 Å². The van der Waals surface area contributed by atoms with Gasteiger partial charge in [0.1, 0.15) is 5.75 Å². The Bertz CT molecular complexity index is 803. The molecule has 26 heavy (non-hydrogen) atoms. The summed E-state index contributed by atoms with van der Waals surface area (Å²) in [4.78, 5) is 24.0. The number of aromatic carboxylic acids is 1. The minimum atomic E-state index is -1.19. The SMILES string of the molecule is CCCOc1cccc(C(=O)Nc2cc(OC)c(OC)cc2C(=O)O)c1. The Morgan fingerprint density at radius 1 is 1.08 bits per heavy atom. The maximum Gasteiger partial charge on any atom is 0.337 e. The van der Waals surface area contributed by atoms with Crippen molar-refractivity contribution < 1.29 is 28.9 Å². The van der Waals surface area contributed by atoms with Gasteiger partial charge in [-0.3, -0.25) is 4.79 Å². The van der Waals surface area contributed by atoms with Crippen LogP contribution in [0.2, 0.25) is 0 Å². The van der Waals surface area contributed by atoms with Gasteiger partial charge in [0.05, 0.1) is 32.1 Å². The molecule has 0 aromatic heterocycles. The largest absolute Gasteiger partial charge is 0.494 e. The van der Waals surface area contributed by atoms with Gasteiger partial charge < -0.3 is 24.6 Å².